The van der Waals surface area contributed by atoms with Gasteiger partial charge in [0.15, 0.2) is 34.7 Å². The Balaban J connectivity index is -0.000000101. The van der Waals surface area contributed by atoms with Gasteiger partial charge in [-0.2, -0.15) is 0 Å². The lowest BCUT2D eigenvalue weighted by atomic mass is 10.1. The maximum Gasteiger partial charge on any atom is 0.302 e. The molecule has 5 unspecified atom stereocenters. The number of carboxylic acid groups (broad SMARTS) is 2. The van der Waals surface area contributed by atoms with Crippen molar-refractivity contribution in [2.75, 3.05) is 48.9 Å². The second-order valence-electron chi connectivity index (χ2n) is 13.1. The van der Waals surface area contributed by atoms with Gasteiger partial charge in [0.05, 0.1) is 23.5 Å². The lowest BCUT2D eigenvalue weighted by Gasteiger charge is -2.21. The molecule has 0 rings (SSSR count). The van der Waals surface area contributed by atoms with Crippen LogP contribution in [0.3, 0.4) is 0 Å². The number of likely N-dealkylation sites (N-methyl/N-ethyl adjacent to an activating group) is 6. The number of ether oxygens (including phenoxy) is 2. The summed E-state index contributed by atoms with van der Waals surface area (Å²) in [7, 11) is 10.2. The molecule has 0 fully saturated rings. The van der Waals surface area contributed by atoms with Crippen molar-refractivity contribution in [2.24, 2.45) is 0 Å². The molecule has 390 valence electrons. The quantitative estimate of drug-likeness (QED) is 0.0389. The molecule has 0 saturated carbocycles. The summed E-state index contributed by atoms with van der Waals surface area (Å²) in [5, 5.41) is 31.5. The molecule has 0 aliphatic rings. The molecule has 0 saturated heterocycles. The van der Waals surface area contributed by atoms with E-state index in [0.717, 1.165) is 13.8 Å². The normalized spacial score (nSPS) is 11.2. The molecule has 20 heteroatoms. The Morgan fingerprint density at radius 3 is 0.970 bits per heavy atom. The first-order valence-corrected chi connectivity index (χ1v) is 21.6. The molecular formula is C47H88N6O14. The van der Waals surface area contributed by atoms with E-state index in [2.05, 4.69) is 58.2 Å². The number of carbonyl (C=O) groups is 10. The number of allylic oxidation sites excluding steroid dienone is 2. The smallest absolute Gasteiger partial charge is 0.302 e. The van der Waals surface area contributed by atoms with Crippen molar-refractivity contribution in [3.8, 4) is 0 Å². The Morgan fingerprint density at radius 2 is 0.821 bits per heavy atom. The van der Waals surface area contributed by atoms with E-state index in [0.29, 0.717) is 49.9 Å². The van der Waals surface area contributed by atoms with E-state index in [1.165, 1.54) is 13.8 Å². The third kappa shape index (κ3) is 58.3. The van der Waals surface area contributed by atoms with E-state index in [1.54, 1.807) is 75.2 Å². The first kappa shape index (κ1) is 78.5. The Hall–Kier alpha value is -5.70. The number of ketones is 6. The van der Waals surface area contributed by atoms with E-state index in [-0.39, 0.29) is 71.4 Å². The van der Waals surface area contributed by atoms with Gasteiger partial charge in [0, 0.05) is 80.3 Å². The lowest BCUT2D eigenvalue weighted by Crippen LogP contribution is -2.44. The van der Waals surface area contributed by atoms with Crippen molar-refractivity contribution in [1.82, 2.24) is 31.9 Å². The van der Waals surface area contributed by atoms with Crippen LogP contribution in [-0.4, -0.2) is 148 Å². The number of rotatable bonds is 24. The Labute approximate surface area is 401 Å². The van der Waals surface area contributed by atoms with Crippen molar-refractivity contribution in [3.05, 3.63) is 49.9 Å². The maximum atomic E-state index is 11.3. The van der Waals surface area contributed by atoms with Crippen LogP contribution < -0.4 is 31.9 Å². The van der Waals surface area contributed by atoms with Crippen molar-refractivity contribution < 1.29 is 67.6 Å². The molecule has 0 radical (unpaired) electrons. The highest BCUT2D eigenvalue weighted by molar-refractivity contribution is 5.94. The van der Waals surface area contributed by atoms with Crippen LogP contribution >= 0.6 is 0 Å². The number of carbonyl (C=O) groups excluding carboxylic acids is 8. The number of esters is 2. The number of Topliss-reactive ketones (excluding diaryl/α,β-unsaturated/α-hetero) is 6. The summed E-state index contributed by atoms with van der Waals surface area (Å²) >= 11 is 0. The fourth-order valence-electron chi connectivity index (χ4n) is 3.96. The van der Waals surface area contributed by atoms with Crippen molar-refractivity contribution in [1.29, 1.82) is 0 Å². The summed E-state index contributed by atoms with van der Waals surface area (Å²) in [4.78, 5) is 104. The Morgan fingerprint density at radius 1 is 0.507 bits per heavy atom. The van der Waals surface area contributed by atoms with Gasteiger partial charge in [-0.05, 0) is 35.1 Å². The standard InChI is InChI=1S/C9H17NO3.C8H15NO3.2C7H13NO.2C6H11NO.2C2H4O2/c1-5-8(12)9(10-4)6(2)13-7(3)11;1-4-8(11)7(9-3)5-12-6(2)10;2*1-4-6(8-3)7(9)5-2;2*1-4-6(8)5(2)7-3;2*1-2(3)4/h6,9-10H,5H2,1-4H3;7,9H,4-5H2,1-3H3;2*4,6,8H,1,5H2,2-3H3;2*7H,2,4H2,1,3H3;2*1H3,(H,3,4). The van der Waals surface area contributed by atoms with Crippen LogP contribution in [0.2, 0.25) is 0 Å². The molecule has 0 amide bonds. The molecule has 8 N–H and O–H groups in total. The van der Waals surface area contributed by atoms with E-state index >= 15 is 0 Å². The molecule has 67 heavy (non-hydrogen) atoms. The highest BCUT2D eigenvalue weighted by Gasteiger charge is 2.23. The number of carboxylic acids is 2. The molecule has 20 nitrogen and oxygen atoms in total. The zero-order valence-corrected chi connectivity index (χ0v) is 43.6. The van der Waals surface area contributed by atoms with Crippen LogP contribution in [0.1, 0.15) is 115 Å². The summed E-state index contributed by atoms with van der Waals surface area (Å²) in [6.45, 7) is 31.5. The molecule has 0 bridgehead atoms. The summed E-state index contributed by atoms with van der Waals surface area (Å²) in [6, 6.07) is -1.07. The van der Waals surface area contributed by atoms with Gasteiger partial charge in [-0.1, -0.05) is 66.9 Å². The van der Waals surface area contributed by atoms with Crippen molar-refractivity contribution >= 4 is 58.6 Å². The minimum Gasteiger partial charge on any atom is -0.481 e. The van der Waals surface area contributed by atoms with E-state index in [4.69, 9.17) is 29.3 Å². The average Bonchev–Trinajstić information content (AvgIpc) is 3.28. The van der Waals surface area contributed by atoms with Crippen LogP contribution in [0, 0.1) is 0 Å². The first-order valence-electron chi connectivity index (χ1n) is 21.6. The molecule has 0 aromatic heterocycles. The van der Waals surface area contributed by atoms with Crippen molar-refractivity contribution in [3.63, 3.8) is 0 Å². The monoisotopic (exact) mass is 961 g/mol. The zero-order chi connectivity index (χ0) is 54.8. The van der Waals surface area contributed by atoms with Gasteiger partial charge in [-0.15, -0.1) is 13.2 Å². The van der Waals surface area contributed by atoms with Gasteiger partial charge >= 0.3 is 11.9 Å². The number of hydrogen-bond donors (Lipinski definition) is 8. The second kappa shape index (κ2) is 54.6. The summed E-state index contributed by atoms with van der Waals surface area (Å²) in [5.41, 5.74) is 0.986. The Kier molecular flexibility index (Phi) is 64.0. The molecular weight excluding hydrogens is 873 g/mol. The molecule has 0 aromatic rings. The fourth-order valence-corrected chi connectivity index (χ4v) is 3.96. The highest BCUT2D eigenvalue weighted by atomic mass is 16.5. The zero-order valence-electron chi connectivity index (χ0n) is 43.6. The summed E-state index contributed by atoms with van der Waals surface area (Å²) in [6.07, 6.45) is 5.91. The fraction of sp³-hybridized carbons (Fsp3) is 0.617. The van der Waals surface area contributed by atoms with Gasteiger partial charge in [-0.25, -0.2) is 0 Å². The number of nitrogens with one attached hydrogen (secondary N) is 6. The lowest BCUT2D eigenvalue weighted by molar-refractivity contribution is -0.148. The van der Waals surface area contributed by atoms with Crippen LogP contribution in [0.5, 0.6) is 0 Å². The van der Waals surface area contributed by atoms with Crippen LogP contribution in [0.4, 0.5) is 0 Å². The second-order valence-corrected chi connectivity index (χ2v) is 13.1. The number of aliphatic carboxylic acids is 2. The first-order chi connectivity index (χ1) is 31.1. The van der Waals surface area contributed by atoms with Gasteiger partial charge in [0.2, 0.25) is 0 Å². The average molecular weight is 961 g/mol. The van der Waals surface area contributed by atoms with Gasteiger partial charge in [-0.3, -0.25) is 47.9 Å². The van der Waals surface area contributed by atoms with Crippen LogP contribution in [0.25, 0.3) is 0 Å². The highest BCUT2D eigenvalue weighted by Crippen LogP contribution is 2.02. The van der Waals surface area contributed by atoms with Gasteiger partial charge in [0.1, 0.15) is 24.8 Å². The van der Waals surface area contributed by atoms with E-state index in [1.807, 2.05) is 27.7 Å². The molecule has 0 aliphatic heterocycles. The minimum absolute atomic E-state index is 0.0521. The summed E-state index contributed by atoms with van der Waals surface area (Å²) < 4.78 is 9.60. The minimum atomic E-state index is -0.833. The van der Waals surface area contributed by atoms with Gasteiger partial charge < -0.3 is 51.6 Å². The van der Waals surface area contributed by atoms with E-state index < -0.39 is 24.1 Å². The van der Waals surface area contributed by atoms with Crippen LogP contribution in [-0.2, 0) is 57.4 Å². The van der Waals surface area contributed by atoms with E-state index in [9.17, 15) is 38.4 Å². The molecule has 5 atom stereocenters. The molecule has 0 aromatic carbocycles. The van der Waals surface area contributed by atoms with Gasteiger partial charge in [0.25, 0.3) is 11.9 Å². The Bertz CT molecular complexity index is 1380. The van der Waals surface area contributed by atoms with Crippen molar-refractivity contribution in [2.45, 2.75) is 145 Å². The molecule has 0 heterocycles. The third-order valence-electron chi connectivity index (χ3n) is 7.77. The maximum absolute atomic E-state index is 11.3. The number of hydrogen-bond acceptors (Lipinski definition) is 18. The SMILES string of the molecule is C=C(NC)C(=O)CC.C=C(NC)C(=O)CC.C=CC(NC)C(=O)CC.C=CC(NC)C(=O)CC.CC(=O)O.CC(=O)O.CCC(=O)C(COC(C)=O)NC.CCC(=O)C(NC)C(C)OC(C)=O. The topological polar surface area (TPSA) is 302 Å². The molecule has 0 aliphatic carbocycles. The molecule has 0 spiro atoms. The predicted octanol–water partition coefficient (Wildman–Crippen LogP) is 3.68. The third-order valence-corrected chi connectivity index (χ3v) is 7.77. The summed E-state index contributed by atoms with van der Waals surface area (Å²) in [5.74, 6) is -1.76. The predicted molar refractivity (Wildman–Crippen MR) is 264 cm³/mol. The van der Waals surface area contributed by atoms with Crippen LogP contribution in [0.15, 0.2) is 49.9 Å². The largest absolute Gasteiger partial charge is 0.481 e.